The first-order valence-corrected chi connectivity index (χ1v) is 11.0. The van der Waals surface area contributed by atoms with Crippen LogP contribution in [0, 0.1) is 5.82 Å². The van der Waals surface area contributed by atoms with Crippen LogP contribution >= 0.6 is 0 Å². The Morgan fingerprint density at radius 2 is 1.91 bits per heavy atom. The van der Waals surface area contributed by atoms with Crippen molar-refractivity contribution in [2.45, 2.75) is 19.3 Å². The molecule has 0 saturated heterocycles. The Balaban J connectivity index is 1.58. The van der Waals surface area contributed by atoms with Crippen molar-refractivity contribution in [3.63, 3.8) is 0 Å². The zero-order valence-corrected chi connectivity index (χ0v) is 18.6. The lowest BCUT2D eigenvalue weighted by Crippen LogP contribution is -2.33. The molecule has 32 heavy (non-hydrogen) atoms. The predicted molar refractivity (Wildman–Crippen MR) is 123 cm³/mol. The molecule has 2 N–H and O–H groups in total. The molecule has 0 spiro atoms. The van der Waals surface area contributed by atoms with E-state index in [0.717, 1.165) is 24.3 Å². The van der Waals surface area contributed by atoms with E-state index in [1.54, 1.807) is 19.2 Å². The van der Waals surface area contributed by atoms with E-state index in [1.807, 2.05) is 24.3 Å². The number of rotatable bonds is 11. The Hall–Kier alpha value is -2.84. The van der Waals surface area contributed by atoms with Gasteiger partial charge in [-0.1, -0.05) is 18.2 Å². The van der Waals surface area contributed by atoms with Crippen molar-refractivity contribution >= 4 is 11.6 Å². The molecule has 7 nitrogen and oxygen atoms in total. The van der Waals surface area contributed by atoms with Crippen LogP contribution in [0.1, 0.15) is 18.4 Å². The number of anilines is 1. The zero-order valence-electron chi connectivity index (χ0n) is 18.6. The summed E-state index contributed by atoms with van der Waals surface area (Å²) in [7, 11) is 1.65. The van der Waals surface area contributed by atoms with Crippen molar-refractivity contribution in [1.82, 2.24) is 5.32 Å². The van der Waals surface area contributed by atoms with Crippen molar-refractivity contribution in [3.8, 4) is 11.5 Å². The summed E-state index contributed by atoms with van der Waals surface area (Å²) in [4.78, 5) is 4.64. The van der Waals surface area contributed by atoms with E-state index in [1.165, 1.54) is 6.07 Å². The number of guanidine groups is 1. The Bertz CT molecular complexity index is 863. The highest BCUT2D eigenvalue weighted by Crippen LogP contribution is 2.32. The Labute approximate surface area is 188 Å². The monoisotopic (exact) mass is 445 g/mol. The minimum atomic E-state index is -0.197. The van der Waals surface area contributed by atoms with Crippen LogP contribution in [0.25, 0.3) is 0 Å². The van der Waals surface area contributed by atoms with Crippen LogP contribution in [-0.2, 0) is 15.9 Å². The fourth-order valence-corrected chi connectivity index (χ4v) is 3.14. The lowest BCUT2D eigenvalue weighted by atomic mass is 10.1. The molecule has 0 fully saturated rings. The van der Waals surface area contributed by atoms with Crippen LogP contribution in [0.2, 0.25) is 0 Å². The van der Waals surface area contributed by atoms with E-state index in [-0.39, 0.29) is 5.82 Å². The Morgan fingerprint density at radius 3 is 2.75 bits per heavy atom. The molecule has 0 aliphatic carbocycles. The topological polar surface area (TPSA) is 73.3 Å². The van der Waals surface area contributed by atoms with Crippen LogP contribution in [0.5, 0.6) is 11.5 Å². The van der Waals surface area contributed by atoms with Crippen LogP contribution in [-0.4, -0.2) is 59.2 Å². The molecule has 2 aromatic carbocycles. The number of methoxy groups -OCH3 is 1. The Kier molecular flexibility index (Phi) is 10.1. The third-order valence-electron chi connectivity index (χ3n) is 4.80. The maximum atomic E-state index is 13.9. The number of ether oxygens (including phenoxy) is 4. The molecule has 0 amide bonds. The smallest absolute Gasteiger partial charge is 0.195 e. The van der Waals surface area contributed by atoms with E-state index in [9.17, 15) is 4.39 Å². The van der Waals surface area contributed by atoms with Crippen LogP contribution < -0.4 is 20.1 Å². The molecule has 174 valence electrons. The quantitative estimate of drug-likeness (QED) is 0.313. The molecule has 0 radical (unpaired) electrons. The molecular weight excluding hydrogens is 413 g/mol. The van der Waals surface area contributed by atoms with E-state index in [0.29, 0.717) is 69.8 Å². The third-order valence-corrected chi connectivity index (χ3v) is 4.80. The van der Waals surface area contributed by atoms with Gasteiger partial charge in [-0.3, -0.25) is 4.99 Å². The van der Waals surface area contributed by atoms with Gasteiger partial charge >= 0.3 is 0 Å². The van der Waals surface area contributed by atoms with Crippen LogP contribution in [0.4, 0.5) is 10.1 Å². The lowest BCUT2D eigenvalue weighted by molar-refractivity contribution is 0.0702. The minimum absolute atomic E-state index is 0.197. The Morgan fingerprint density at radius 1 is 1.06 bits per heavy atom. The number of hydrogen-bond acceptors (Lipinski definition) is 5. The largest absolute Gasteiger partial charge is 0.490 e. The summed E-state index contributed by atoms with van der Waals surface area (Å²) in [5.41, 5.74) is 1.50. The molecule has 0 aromatic heterocycles. The highest BCUT2D eigenvalue weighted by molar-refractivity contribution is 5.94. The summed E-state index contributed by atoms with van der Waals surface area (Å²) >= 11 is 0. The summed E-state index contributed by atoms with van der Waals surface area (Å²) in [6, 6.07) is 12.5. The number of nitrogens with zero attached hydrogens (tertiary/aromatic N) is 1. The first-order chi connectivity index (χ1) is 15.8. The van der Waals surface area contributed by atoms with Crippen molar-refractivity contribution in [2.24, 2.45) is 4.99 Å². The fraction of sp³-hybridized carbons (Fsp3) is 0.458. The third kappa shape index (κ3) is 8.01. The molecule has 3 rings (SSSR count). The van der Waals surface area contributed by atoms with Crippen molar-refractivity contribution < 1.29 is 23.3 Å². The highest BCUT2D eigenvalue weighted by atomic mass is 19.1. The highest BCUT2D eigenvalue weighted by Gasteiger charge is 2.11. The number of benzene rings is 2. The minimum Gasteiger partial charge on any atom is -0.490 e. The van der Waals surface area contributed by atoms with Crippen LogP contribution in [0.15, 0.2) is 47.5 Å². The summed E-state index contributed by atoms with van der Waals surface area (Å²) in [6.45, 7) is 4.17. The predicted octanol–water partition coefficient (Wildman–Crippen LogP) is 3.64. The summed E-state index contributed by atoms with van der Waals surface area (Å²) in [5, 5.41) is 6.60. The molecule has 1 aliphatic heterocycles. The first kappa shape index (κ1) is 23.8. The number of nitrogens with one attached hydrogen (secondary N) is 2. The molecule has 1 heterocycles. The number of halogens is 1. The number of aliphatic imine (C=N–C) groups is 1. The molecule has 0 bridgehead atoms. The van der Waals surface area contributed by atoms with Gasteiger partial charge in [0, 0.05) is 45.0 Å². The van der Waals surface area contributed by atoms with Gasteiger partial charge in [-0.25, -0.2) is 4.39 Å². The SMILES string of the molecule is COCCOCCCN=C(NCCc1ccccc1F)Nc1ccc2c(c1)OCCCO2. The maximum Gasteiger partial charge on any atom is 0.195 e. The lowest BCUT2D eigenvalue weighted by Gasteiger charge is -2.15. The van der Waals surface area contributed by atoms with Gasteiger partial charge in [-0.15, -0.1) is 0 Å². The zero-order chi connectivity index (χ0) is 22.4. The van der Waals surface area contributed by atoms with E-state index in [2.05, 4.69) is 15.6 Å². The molecule has 2 aromatic rings. The molecule has 0 atom stereocenters. The average molecular weight is 446 g/mol. The molecule has 0 unspecified atom stereocenters. The van der Waals surface area contributed by atoms with Gasteiger partial charge < -0.3 is 29.6 Å². The van der Waals surface area contributed by atoms with Gasteiger partial charge in [0.2, 0.25) is 0 Å². The van der Waals surface area contributed by atoms with E-state index in [4.69, 9.17) is 18.9 Å². The van der Waals surface area contributed by atoms with Crippen molar-refractivity contribution in [1.29, 1.82) is 0 Å². The van der Waals surface area contributed by atoms with Gasteiger partial charge in [-0.05, 0) is 36.6 Å². The first-order valence-electron chi connectivity index (χ1n) is 11.0. The standard InChI is InChI=1S/C24H32FN3O4/c1-29-16-17-30-13-4-11-26-24(27-12-10-19-6-2-3-7-21(19)25)28-20-8-9-22-23(18-20)32-15-5-14-31-22/h2-3,6-9,18H,4-5,10-17H2,1H3,(H2,26,27,28). The number of hydrogen-bond donors (Lipinski definition) is 2. The van der Waals surface area contributed by atoms with Crippen LogP contribution in [0.3, 0.4) is 0 Å². The maximum absolute atomic E-state index is 13.9. The second kappa shape index (κ2) is 13.5. The summed E-state index contributed by atoms with van der Waals surface area (Å²) in [5.74, 6) is 1.88. The molecule has 8 heteroatoms. The second-order valence-electron chi connectivity index (χ2n) is 7.29. The summed E-state index contributed by atoms with van der Waals surface area (Å²) in [6.07, 6.45) is 2.19. The normalized spacial score (nSPS) is 13.5. The van der Waals surface area contributed by atoms with E-state index < -0.39 is 0 Å². The van der Waals surface area contributed by atoms with Gasteiger partial charge in [0.05, 0.1) is 26.4 Å². The van der Waals surface area contributed by atoms with Gasteiger partial charge in [0.25, 0.3) is 0 Å². The fourth-order valence-electron chi connectivity index (χ4n) is 3.14. The van der Waals surface area contributed by atoms with Gasteiger partial charge in [0.15, 0.2) is 17.5 Å². The molecule has 1 aliphatic rings. The number of fused-ring (bicyclic) bond motifs is 1. The van der Waals surface area contributed by atoms with E-state index >= 15 is 0 Å². The molecule has 0 saturated carbocycles. The van der Waals surface area contributed by atoms with Gasteiger partial charge in [0.1, 0.15) is 5.82 Å². The summed E-state index contributed by atoms with van der Waals surface area (Å²) < 4.78 is 35.8. The van der Waals surface area contributed by atoms with Crippen molar-refractivity contribution in [2.75, 3.05) is 58.6 Å². The van der Waals surface area contributed by atoms with Gasteiger partial charge in [-0.2, -0.15) is 0 Å². The molecular formula is C24H32FN3O4. The van der Waals surface area contributed by atoms with Crippen molar-refractivity contribution in [3.05, 3.63) is 53.8 Å². The second-order valence-corrected chi connectivity index (χ2v) is 7.29. The average Bonchev–Trinajstić information content (AvgIpc) is 3.04.